The largest absolute Gasteiger partial charge is 0.382 e. The Kier molecular flexibility index (Phi) is 2.82. The fourth-order valence-corrected chi connectivity index (χ4v) is 2.55. The molecule has 0 saturated heterocycles. The van der Waals surface area contributed by atoms with Crippen LogP contribution in [0.2, 0.25) is 0 Å². The molecule has 0 spiro atoms. The van der Waals surface area contributed by atoms with Gasteiger partial charge in [-0.25, -0.2) is 0 Å². The number of fused-ring (bicyclic) bond motifs is 3. The van der Waals surface area contributed by atoms with Crippen LogP contribution in [0.25, 0.3) is 10.9 Å². The third kappa shape index (κ3) is 1.90. The fourth-order valence-electron chi connectivity index (χ4n) is 2.55. The lowest BCUT2D eigenvalue weighted by molar-refractivity contribution is 0.508. The molecule has 0 bridgehead atoms. The molecule has 1 aliphatic rings. The maximum absolute atomic E-state index is 4.50. The monoisotopic (exact) mass is 241 g/mol. The highest BCUT2D eigenvalue weighted by atomic mass is 15.0. The van der Waals surface area contributed by atoms with Crippen LogP contribution in [0.3, 0.4) is 0 Å². The average Bonchev–Trinajstić information content (AvgIpc) is 2.61. The number of hydrogen-bond acceptors (Lipinski definition) is 3. The molecule has 2 aromatic rings. The first-order valence-corrected chi connectivity index (χ1v) is 6.64. The van der Waals surface area contributed by atoms with Crippen molar-refractivity contribution >= 4 is 22.3 Å². The molecule has 2 N–H and O–H groups in total. The van der Waals surface area contributed by atoms with Gasteiger partial charge < -0.3 is 10.6 Å². The zero-order valence-corrected chi connectivity index (χ0v) is 10.9. The molecule has 1 aliphatic heterocycles. The van der Waals surface area contributed by atoms with Gasteiger partial charge in [0.2, 0.25) is 0 Å². The molecule has 2 heterocycles. The number of aromatic nitrogens is 1. The summed E-state index contributed by atoms with van der Waals surface area (Å²) >= 11 is 0. The Hall–Kier alpha value is -1.77. The summed E-state index contributed by atoms with van der Waals surface area (Å²) in [6.07, 6.45) is 3.08. The molecular formula is C15H19N3. The van der Waals surface area contributed by atoms with Gasteiger partial charge in [0.05, 0.1) is 23.1 Å². The number of benzene rings is 1. The third-order valence-corrected chi connectivity index (χ3v) is 3.68. The van der Waals surface area contributed by atoms with Crippen molar-refractivity contribution < 1.29 is 0 Å². The Morgan fingerprint density at radius 2 is 2.11 bits per heavy atom. The lowest BCUT2D eigenvalue weighted by Crippen LogP contribution is -2.25. The van der Waals surface area contributed by atoms with E-state index in [9.17, 15) is 0 Å². The summed E-state index contributed by atoms with van der Waals surface area (Å²) in [6.45, 7) is 5.54. The van der Waals surface area contributed by atoms with Crippen molar-refractivity contribution in [1.82, 2.24) is 4.98 Å². The Morgan fingerprint density at radius 3 is 2.94 bits per heavy atom. The van der Waals surface area contributed by atoms with Crippen LogP contribution >= 0.6 is 0 Å². The summed E-state index contributed by atoms with van der Waals surface area (Å²) in [5, 5.41) is 8.38. The summed E-state index contributed by atoms with van der Waals surface area (Å²) in [7, 11) is 0. The minimum atomic E-state index is 0.518. The molecule has 1 aromatic carbocycles. The molecule has 3 rings (SSSR count). The molecule has 0 radical (unpaired) electrons. The van der Waals surface area contributed by atoms with E-state index < -0.39 is 0 Å². The normalized spacial score (nSPS) is 18.9. The van der Waals surface area contributed by atoms with Gasteiger partial charge in [-0.15, -0.1) is 0 Å². The summed E-state index contributed by atoms with van der Waals surface area (Å²) in [5.41, 5.74) is 3.38. The van der Waals surface area contributed by atoms with Crippen LogP contribution < -0.4 is 10.6 Å². The summed E-state index contributed by atoms with van der Waals surface area (Å²) < 4.78 is 0. The van der Waals surface area contributed by atoms with E-state index in [1.807, 2.05) is 12.3 Å². The zero-order valence-electron chi connectivity index (χ0n) is 10.9. The first-order valence-electron chi connectivity index (χ1n) is 6.64. The highest BCUT2D eigenvalue weighted by Crippen LogP contribution is 2.33. The number of para-hydroxylation sites is 1. The molecule has 0 amide bonds. The summed E-state index contributed by atoms with van der Waals surface area (Å²) in [5.74, 6) is 0.629. The van der Waals surface area contributed by atoms with E-state index in [1.165, 1.54) is 11.1 Å². The number of pyridine rings is 1. The van der Waals surface area contributed by atoms with Gasteiger partial charge >= 0.3 is 0 Å². The van der Waals surface area contributed by atoms with E-state index in [0.717, 1.165) is 24.2 Å². The second-order valence-electron chi connectivity index (χ2n) is 5.27. The molecule has 0 saturated carbocycles. The molecule has 1 aromatic heterocycles. The standard InChI is InChI=1S/C15H19N3/c1-10(2)12-7-8-16-14-9-17-13-6-4-3-5-11(13)15(14)18-12/h3-6,9-10,12,16,18H,7-8H2,1-2H3. The SMILES string of the molecule is CC(C)C1CCNc2cnc3ccccc3c2N1. The molecule has 18 heavy (non-hydrogen) atoms. The van der Waals surface area contributed by atoms with Crippen LogP contribution in [0, 0.1) is 5.92 Å². The minimum absolute atomic E-state index is 0.518. The van der Waals surface area contributed by atoms with Crippen molar-refractivity contribution in [3.8, 4) is 0 Å². The van der Waals surface area contributed by atoms with Crippen molar-refractivity contribution in [1.29, 1.82) is 0 Å². The van der Waals surface area contributed by atoms with Gasteiger partial charge in [0.1, 0.15) is 0 Å². The molecule has 1 unspecified atom stereocenters. The van der Waals surface area contributed by atoms with E-state index >= 15 is 0 Å². The van der Waals surface area contributed by atoms with Gasteiger partial charge in [-0.3, -0.25) is 4.98 Å². The molecular weight excluding hydrogens is 222 g/mol. The van der Waals surface area contributed by atoms with E-state index in [2.05, 4.69) is 47.7 Å². The van der Waals surface area contributed by atoms with Crippen LogP contribution in [-0.2, 0) is 0 Å². The zero-order chi connectivity index (χ0) is 12.5. The van der Waals surface area contributed by atoms with Crippen LogP contribution in [0.5, 0.6) is 0 Å². The molecule has 0 fully saturated rings. The van der Waals surface area contributed by atoms with Crippen LogP contribution in [0.4, 0.5) is 11.4 Å². The first-order chi connectivity index (χ1) is 8.75. The van der Waals surface area contributed by atoms with Crippen molar-refractivity contribution in [2.45, 2.75) is 26.3 Å². The Morgan fingerprint density at radius 1 is 1.28 bits per heavy atom. The molecule has 0 aliphatic carbocycles. The lowest BCUT2D eigenvalue weighted by atomic mass is 10.0. The van der Waals surface area contributed by atoms with Gasteiger partial charge in [-0.2, -0.15) is 0 Å². The van der Waals surface area contributed by atoms with Gasteiger partial charge in [0.25, 0.3) is 0 Å². The second-order valence-corrected chi connectivity index (χ2v) is 5.27. The average molecular weight is 241 g/mol. The van der Waals surface area contributed by atoms with Gasteiger partial charge in [0, 0.05) is 18.0 Å². The maximum atomic E-state index is 4.50. The number of rotatable bonds is 1. The highest BCUT2D eigenvalue weighted by molar-refractivity contribution is 5.97. The van der Waals surface area contributed by atoms with Gasteiger partial charge in [0.15, 0.2) is 0 Å². The number of nitrogens with zero attached hydrogens (tertiary/aromatic N) is 1. The topological polar surface area (TPSA) is 37.0 Å². The van der Waals surface area contributed by atoms with E-state index in [1.54, 1.807) is 0 Å². The predicted molar refractivity (Wildman–Crippen MR) is 77.1 cm³/mol. The van der Waals surface area contributed by atoms with Crippen LogP contribution in [0.1, 0.15) is 20.3 Å². The third-order valence-electron chi connectivity index (χ3n) is 3.68. The molecule has 94 valence electrons. The van der Waals surface area contributed by atoms with E-state index in [4.69, 9.17) is 0 Å². The van der Waals surface area contributed by atoms with Crippen molar-refractivity contribution in [2.24, 2.45) is 5.92 Å². The Bertz CT molecular complexity index is 563. The lowest BCUT2D eigenvalue weighted by Gasteiger charge is -2.21. The second kappa shape index (κ2) is 4.48. The van der Waals surface area contributed by atoms with Gasteiger partial charge in [-0.1, -0.05) is 32.0 Å². The molecule has 1 atom stereocenters. The Balaban J connectivity index is 2.13. The van der Waals surface area contributed by atoms with Crippen molar-refractivity contribution in [2.75, 3.05) is 17.2 Å². The van der Waals surface area contributed by atoms with Crippen LogP contribution in [0.15, 0.2) is 30.5 Å². The smallest absolute Gasteiger partial charge is 0.0769 e. The number of hydrogen-bond donors (Lipinski definition) is 2. The highest BCUT2D eigenvalue weighted by Gasteiger charge is 2.19. The van der Waals surface area contributed by atoms with Gasteiger partial charge in [-0.05, 0) is 18.4 Å². The quantitative estimate of drug-likeness (QED) is 0.802. The van der Waals surface area contributed by atoms with Crippen LogP contribution in [-0.4, -0.2) is 17.6 Å². The molecule has 3 heteroatoms. The van der Waals surface area contributed by atoms with Crippen molar-refractivity contribution in [3.05, 3.63) is 30.5 Å². The van der Waals surface area contributed by atoms with E-state index in [-0.39, 0.29) is 0 Å². The predicted octanol–water partition coefficient (Wildman–Crippen LogP) is 3.49. The minimum Gasteiger partial charge on any atom is -0.382 e. The fraction of sp³-hybridized carbons (Fsp3) is 0.400. The molecule has 3 nitrogen and oxygen atoms in total. The Labute approximate surface area is 108 Å². The van der Waals surface area contributed by atoms with E-state index in [0.29, 0.717) is 12.0 Å². The summed E-state index contributed by atoms with van der Waals surface area (Å²) in [4.78, 5) is 4.50. The maximum Gasteiger partial charge on any atom is 0.0769 e. The summed E-state index contributed by atoms with van der Waals surface area (Å²) in [6, 6.07) is 8.82. The number of nitrogens with one attached hydrogen (secondary N) is 2. The van der Waals surface area contributed by atoms with Crippen molar-refractivity contribution in [3.63, 3.8) is 0 Å². The first kappa shape index (κ1) is 11.3. The number of anilines is 2.